The first-order valence-electron chi connectivity index (χ1n) is 3.60. The minimum atomic E-state index is -0.955. The molecular formula is C8H11ClO2S. The van der Waals surface area contributed by atoms with Crippen LogP contribution in [0.5, 0.6) is 0 Å². The topological polar surface area (TPSA) is 37.3 Å². The van der Waals surface area contributed by atoms with Crippen LogP contribution in [0.4, 0.5) is 0 Å². The third-order valence-corrected chi connectivity index (χ3v) is 2.78. The van der Waals surface area contributed by atoms with Crippen molar-refractivity contribution in [3.8, 4) is 0 Å². The second-order valence-electron chi connectivity index (χ2n) is 1.87. The van der Waals surface area contributed by atoms with Crippen LogP contribution in [0.2, 0.25) is 5.02 Å². The highest BCUT2D eigenvalue weighted by molar-refractivity contribution is 7.12. The summed E-state index contributed by atoms with van der Waals surface area (Å²) in [4.78, 5) is 10.6. The smallest absolute Gasteiger partial charge is 0.347 e. The summed E-state index contributed by atoms with van der Waals surface area (Å²) < 4.78 is 0. The molecule has 0 aliphatic carbocycles. The van der Waals surface area contributed by atoms with Crippen LogP contribution in [0.3, 0.4) is 0 Å². The summed E-state index contributed by atoms with van der Waals surface area (Å²) in [5.41, 5.74) is 0.823. The Balaban J connectivity index is 0.000000561. The highest BCUT2D eigenvalue weighted by Gasteiger charge is 2.11. The Kier molecular flexibility index (Phi) is 4.93. The number of rotatable bonds is 1. The predicted molar refractivity (Wildman–Crippen MR) is 52.4 cm³/mol. The first-order valence-corrected chi connectivity index (χ1v) is 4.85. The van der Waals surface area contributed by atoms with E-state index >= 15 is 0 Å². The van der Waals surface area contributed by atoms with E-state index in [0.29, 0.717) is 5.02 Å². The molecule has 1 rings (SSSR count). The van der Waals surface area contributed by atoms with Crippen molar-refractivity contribution in [2.75, 3.05) is 0 Å². The first-order chi connectivity index (χ1) is 5.63. The Labute approximate surface area is 80.8 Å². The second kappa shape index (κ2) is 5.17. The number of thiophene rings is 1. The quantitative estimate of drug-likeness (QED) is 0.765. The number of hydrogen-bond donors (Lipinski definition) is 1. The average molecular weight is 207 g/mol. The van der Waals surface area contributed by atoms with E-state index < -0.39 is 5.97 Å². The molecule has 0 atom stereocenters. The van der Waals surface area contributed by atoms with Gasteiger partial charge in [0, 0.05) is 0 Å². The van der Waals surface area contributed by atoms with Gasteiger partial charge in [-0.2, -0.15) is 0 Å². The number of carboxylic acids is 1. The summed E-state index contributed by atoms with van der Waals surface area (Å²) in [5.74, 6) is -0.955. The molecule has 0 amide bonds. The van der Waals surface area contributed by atoms with Crippen molar-refractivity contribution in [1.29, 1.82) is 0 Å². The maximum atomic E-state index is 10.4. The normalized spacial score (nSPS) is 8.67. The summed E-state index contributed by atoms with van der Waals surface area (Å²) >= 11 is 6.79. The summed E-state index contributed by atoms with van der Waals surface area (Å²) in [6.45, 7) is 5.78. The standard InChI is InChI=1S/C6H5ClO2S.C2H6/c1-3-2-10-5(4(3)7)6(8)9;1-2/h2H,1H3,(H,8,9);1-2H3. The maximum Gasteiger partial charge on any atom is 0.347 e. The molecule has 68 valence electrons. The molecule has 0 fully saturated rings. The fraction of sp³-hybridized carbons (Fsp3) is 0.375. The largest absolute Gasteiger partial charge is 0.477 e. The lowest BCUT2D eigenvalue weighted by molar-refractivity contribution is 0.0702. The molecule has 1 N–H and O–H groups in total. The van der Waals surface area contributed by atoms with Gasteiger partial charge in [-0.05, 0) is 17.9 Å². The molecule has 0 bridgehead atoms. The first kappa shape index (κ1) is 11.5. The van der Waals surface area contributed by atoms with Gasteiger partial charge in [-0.1, -0.05) is 25.4 Å². The van der Waals surface area contributed by atoms with Gasteiger partial charge >= 0.3 is 5.97 Å². The highest BCUT2D eigenvalue weighted by Crippen LogP contribution is 2.26. The van der Waals surface area contributed by atoms with Crippen LogP contribution in [0.25, 0.3) is 0 Å². The van der Waals surface area contributed by atoms with Gasteiger partial charge in [-0.15, -0.1) is 11.3 Å². The number of hydrogen-bond acceptors (Lipinski definition) is 2. The third-order valence-electron chi connectivity index (χ3n) is 1.09. The summed E-state index contributed by atoms with van der Waals surface area (Å²) in [5, 5.41) is 10.6. The van der Waals surface area contributed by atoms with Crippen LogP contribution in [0, 0.1) is 6.92 Å². The van der Waals surface area contributed by atoms with Crippen molar-refractivity contribution in [1.82, 2.24) is 0 Å². The Hall–Kier alpha value is -0.540. The Bertz CT molecular complexity index is 268. The number of carboxylic acid groups (broad SMARTS) is 1. The fourth-order valence-electron chi connectivity index (χ4n) is 0.574. The van der Waals surface area contributed by atoms with Gasteiger partial charge in [0.05, 0.1) is 5.02 Å². The SMILES string of the molecule is CC.Cc1csc(C(=O)O)c1Cl. The molecule has 0 unspecified atom stereocenters. The lowest BCUT2D eigenvalue weighted by Crippen LogP contribution is -1.91. The van der Waals surface area contributed by atoms with Gasteiger partial charge in [0.1, 0.15) is 4.88 Å². The monoisotopic (exact) mass is 206 g/mol. The van der Waals surface area contributed by atoms with Crippen LogP contribution in [-0.4, -0.2) is 11.1 Å². The molecule has 2 nitrogen and oxygen atoms in total. The van der Waals surface area contributed by atoms with Crippen LogP contribution in [0.1, 0.15) is 29.1 Å². The molecule has 0 aliphatic heterocycles. The van der Waals surface area contributed by atoms with Gasteiger partial charge in [0.15, 0.2) is 0 Å². The zero-order valence-electron chi connectivity index (χ0n) is 7.22. The predicted octanol–water partition coefficient (Wildman–Crippen LogP) is 3.43. The van der Waals surface area contributed by atoms with E-state index in [-0.39, 0.29) is 4.88 Å². The van der Waals surface area contributed by atoms with Crippen LogP contribution in [-0.2, 0) is 0 Å². The summed E-state index contributed by atoms with van der Waals surface area (Å²) in [7, 11) is 0. The molecule has 0 radical (unpaired) electrons. The van der Waals surface area contributed by atoms with Gasteiger partial charge in [-0.3, -0.25) is 0 Å². The average Bonchev–Trinajstić information content (AvgIpc) is 2.37. The maximum absolute atomic E-state index is 10.4. The number of aromatic carboxylic acids is 1. The molecule has 1 heterocycles. The van der Waals surface area contributed by atoms with E-state index in [1.165, 1.54) is 0 Å². The minimum Gasteiger partial charge on any atom is -0.477 e. The van der Waals surface area contributed by atoms with Crippen molar-refractivity contribution >= 4 is 28.9 Å². The molecule has 12 heavy (non-hydrogen) atoms. The lowest BCUT2D eigenvalue weighted by atomic mass is 10.3. The minimum absolute atomic E-state index is 0.221. The number of halogens is 1. The molecule has 0 saturated heterocycles. The molecular weight excluding hydrogens is 196 g/mol. The van der Waals surface area contributed by atoms with Crippen molar-refractivity contribution in [2.45, 2.75) is 20.8 Å². The van der Waals surface area contributed by atoms with E-state index in [9.17, 15) is 4.79 Å². The fourth-order valence-corrected chi connectivity index (χ4v) is 1.69. The van der Waals surface area contributed by atoms with Crippen molar-refractivity contribution in [3.05, 3.63) is 20.8 Å². The number of carbonyl (C=O) groups is 1. The van der Waals surface area contributed by atoms with Crippen LogP contribution < -0.4 is 0 Å². The molecule has 1 aromatic heterocycles. The van der Waals surface area contributed by atoms with Crippen LogP contribution in [0.15, 0.2) is 5.38 Å². The van der Waals surface area contributed by atoms with Crippen molar-refractivity contribution in [3.63, 3.8) is 0 Å². The molecule has 0 aliphatic rings. The van der Waals surface area contributed by atoms with Crippen molar-refractivity contribution in [2.24, 2.45) is 0 Å². The molecule has 4 heteroatoms. The summed E-state index contributed by atoms with van der Waals surface area (Å²) in [6, 6.07) is 0. The van der Waals surface area contributed by atoms with E-state index in [0.717, 1.165) is 16.9 Å². The van der Waals surface area contributed by atoms with Gasteiger partial charge in [-0.25, -0.2) is 4.79 Å². The van der Waals surface area contributed by atoms with Crippen LogP contribution >= 0.6 is 22.9 Å². The Morgan fingerprint density at radius 3 is 2.25 bits per heavy atom. The van der Waals surface area contributed by atoms with Gasteiger partial charge in [0.2, 0.25) is 0 Å². The number of aryl methyl sites for hydroxylation is 1. The third kappa shape index (κ3) is 2.50. The molecule has 0 aromatic carbocycles. The zero-order valence-corrected chi connectivity index (χ0v) is 8.79. The van der Waals surface area contributed by atoms with Gasteiger partial charge in [0.25, 0.3) is 0 Å². The van der Waals surface area contributed by atoms with Gasteiger partial charge < -0.3 is 5.11 Å². The summed E-state index contributed by atoms with van der Waals surface area (Å²) in [6.07, 6.45) is 0. The van der Waals surface area contributed by atoms with E-state index in [1.54, 1.807) is 12.3 Å². The second-order valence-corrected chi connectivity index (χ2v) is 3.12. The Morgan fingerprint density at radius 1 is 1.58 bits per heavy atom. The lowest BCUT2D eigenvalue weighted by Gasteiger charge is -1.87. The molecule has 0 saturated carbocycles. The highest BCUT2D eigenvalue weighted by atomic mass is 35.5. The molecule has 1 aromatic rings. The van der Waals surface area contributed by atoms with E-state index in [2.05, 4.69) is 0 Å². The zero-order chi connectivity index (χ0) is 9.72. The van der Waals surface area contributed by atoms with E-state index in [4.69, 9.17) is 16.7 Å². The van der Waals surface area contributed by atoms with E-state index in [1.807, 2.05) is 13.8 Å². The molecule has 0 spiro atoms. The Morgan fingerprint density at radius 2 is 2.08 bits per heavy atom. The van der Waals surface area contributed by atoms with Crippen molar-refractivity contribution < 1.29 is 9.90 Å².